The summed E-state index contributed by atoms with van der Waals surface area (Å²) in [6.07, 6.45) is -0.306. The topological polar surface area (TPSA) is 29.5 Å². The number of aliphatic hydroxyl groups excluding tert-OH is 1. The van der Waals surface area contributed by atoms with E-state index in [9.17, 15) is 5.11 Å². The SMILES string of the molecule is COc1ccc2c(c1)CSCC2O. The Morgan fingerprint density at radius 1 is 1.54 bits per heavy atom. The molecule has 1 aromatic rings. The molecule has 1 heterocycles. The molecule has 1 unspecified atom stereocenters. The minimum absolute atomic E-state index is 0.306. The summed E-state index contributed by atoms with van der Waals surface area (Å²) in [5, 5.41) is 9.66. The van der Waals surface area contributed by atoms with E-state index < -0.39 is 0 Å². The van der Waals surface area contributed by atoms with E-state index in [0.29, 0.717) is 0 Å². The van der Waals surface area contributed by atoms with Crippen molar-refractivity contribution in [3.63, 3.8) is 0 Å². The molecule has 2 nitrogen and oxygen atoms in total. The smallest absolute Gasteiger partial charge is 0.119 e. The van der Waals surface area contributed by atoms with Crippen molar-refractivity contribution in [2.24, 2.45) is 0 Å². The van der Waals surface area contributed by atoms with E-state index in [1.165, 1.54) is 5.56 Å². The Morgan fingerprint density at radius 2 is 2.38 bits per heavy atom. The largest absolute Gasteiger partial charge is 0.497 e. The van der Waals surface area contributed by atoms with E-state index in [1.54, 1.807) is 18.9 Å². The lowest BCUT2D eigenvalue weighted by molar-refractivity contribution is 0.201. The van der Waals surface area contributed by atoms with Crippen LogP contribution in [0.25, 0.3) is 0 Å². The molecule has 13 heavy (non-hydrogen) atoms. The first-order valence-electron chi connectivity index (χ1n) is 4.24. The van der Waals surface area contributed by atoms with Crippen molar-refractivity contribution in [2.75, 3.05) is 12.9 Å². The molecule has 0 bridgehead atoms. The van der Waals surface area contributed by atoms with Gasteiger partial charge in [0.1, 0.15) is 5.75 Å². The van der Waals surface area contributed by atoms with Gasteiger partial charge in [-0.25, -0.2) is 0 Å². The number of rotatable bonds is 1. The number of fused-ring (bicyclic) bond motifs is 1. The monoisotopic (exact) mass is 196 g/mol. The predicted molar refractivity (Wildman–Crippen MR) is 54.1 cm³/mol. The molecule has 0 radical (unpaired) electrons. The maximum absolute atomic E-state index is 9.66. The number of hydrogen-bond donors (Lipinski definition) is 1. The summed E-state index contributed by atoms with van der Waals surface area (Å²) in [5.74, 6) is 2.65. The quantitative estimate of drug-likeness (QED) is 0.744. The summed E-state index contributed by atoms with van der Waals surface area (Å²) in [4.78, 5) is 0. The molecule has 70 valence electrons. The van der Waals surface area contributed by atoms with Gasteiger partial charge in [-0.3, -0.25) is 0 Å². The van der Waals surface area contributed by atoms with Crippen LogP contribution in [-0.2, 0) is 5.75 Å². The summed E-state index contributed by atoms with van der Waals surface area (Å²) in [5.41, 5.74) is 2.25. The van der Waals surface area contributed by atoms with Gasteiger partial charge in [0.25, 0.3) is 0 Å². The molecule has 1 atom stereocenters. The minimum Gasteiger partial charge on any atom is -0.497 e. The van der Waals surface area contributed by atoms with Crippen LogP contribution in [0.2, 0.25) is 0 Å². The first-order valence-corrected chi connectivity index (χ1v) is 5.39. The van der Waals surface area contributed by atoms with Crippen molar-refractivity contribution in [3.05, 3.63) is 29.3 Å². The zero-order valence-corrected chi connectivity index (χ0v) is 8.30. The third-order valence-corrected chi connectivity index (χ3v) is 3.31. The molecule has 1 aromatic carbocycles. The molecule has 0 aliphatic carbocycles. The predicted octanol–water partition coefficient (Wildman–Crippen LogP) is 1.98. The van der Waals surface area contributed by atoms with Gasteiger partial charge in [0.05, 0.1) is 13.2 Å². The summed E-state index contributed by atoms with van der Waals surface area (Å²) in [6, 6.07) is 5.86. The highest BCUT2D eigenvalue weighted by atomic mass is 32.2. The number of aliphatic hydroxyl groups is 1. The molecule has 0 saturated carbocycles. The van der Waals surface area contributed by atoms with Gasteiger partial charge in [-0.1, -0.05) is 6.07 Å². The van der Waals surface area contributed by atoms with Crippen LogP contribution in [0.4, 0.5) is 0 Å². The Kier molecular flexibility index (Phi) is 2.47. The van der Waals surface area contributed by atoms with E-state index in [-0.39, 0.29) is 6.10 Å². The van der Waals surface area contributed by atoms with Gasteiger partial charge >= 0.3 is 0 Å². The highest BCUT2D eigenvalue weighted by Crippen LogP contribution is 2.33. The second-order valence-electron chi connectivity index (χ2n) is 3.10. The van der Waals surface area contributed by atoms with Gasteiger partial charge in [0, 0.05) is 11.5 Å². The number of methoxy groups -OCH3 is 1. The van der Waals surface area contributed by atoms with Crippen LogP contribution < -0.4 is 4.74 Å². The minimum atomic E-state index is -0.306. The van der Waals surface area contributed by atoms with Gasteiger partial charge in [-0.05, 0) is 23.3 Å². The summed E-state index contributed by atoms with van der Waals surface area (Å²) in [6.45, 7) is 0. The first-order chi connectivity index (χ1) is 6.31. The van der Waals surface area contributed by atoms with Gasteiger partial charge < -0.3 is 9.84 Å². The standard InChI is InChI=1S/C10H12O2S/c1-12-8-2-3-9-7(4-8)5-13-6-10(9)11/h2-4,10-11H,5-6H2,1H3. The van der Waals surface area contributed by atoms with Gasteiger partial charge in [0.15, 0.2) is 0 Å². The molecule has 1 aliphatic rings. The van der Waals surface area contributed by atoms with E-state index in [0.717, 1.165) is 22.8 Å². The third-order valence-electron chi connectivity index (χ3n) is 2.24. The average Bonchev–Trinajstić information content (AvgIpc) is 2.18. The van der Waals surface area contributed by atoms with Crippen LogP contribution in [0.1, 0.15) is 17.2 Å². The van der Waals surface area contributed by atoms with Crippen molar-refractivity contribution < 1.29 is 9.84 Å². The lowest BCUT2D eigenvalue weighted by Crippen LogP contribution is -2.09. The van der Waals surface area contributed by atoms with E-state index >= 15 is 0 Å². The molecule has 0 saturated heterocycles. The molecular weight excluding hydrogens is 184 g/mol. The van der Waals surface area contributed by atoms with Gasteiger partial charge in [-0.15, -0.1) is 0 Å². The van der Waals surface area contributed by atoms with Crippen LogP contribution in [-0.4, -0.2) is 18.0 Å². The Hall–Kier alpha value is -0.670. The second kappa shape index (κ2) is 3.60. The fourth-order valence-corrected chi connectivity index (χ4v) is 2.52. The van der Waals surface area contributed by atoms with Crippen LogP contribution >= 0.6 is 11.8 Å². The Bertz CT molecular complexity index is 312. The highest BCUT2D eigenvalue weighted by Gasteiger charge is 2.18. The zero-order valence-electron chi connectivity index (χ0n) is 7.49. The number of ether oxygens (including phenoxy) is 1. The average molecular weight is 196 g/mol. The van der Waals surface area contributed by atoms with E-state index in [1.807, 2.05) is 18.2 Å². The van der Waals surface area contributed by atoms with Crippen molar-refractivity contribution in [1.29, 1.82) is 0 Å². The van der Waals surface area contributed by atoms with Crippen LogP contribution in [0.5, 0.6) is 5.75 Å². The zero-order chi connectivity index (χ0) is 9.26. The van der Waals surface area contributed by atoms with Crippen LogP contribution in [0.15, 0.2) is 18.2 Å². The van der Waals surface area contributed by atoms with Crippen molar-refractivity contribution >= 4 is 11.8 Å². The molecule has 2 rings (SSSR count). The normalized spacial score (nSPS) is 20.9. The molecule has 0 spiro atoms. The Morgan fingerprint density at radius 3 is 3.15 bits per heavy atom. The van der Waals surface area contributed by atoms with Gasteiger partial charge in [-0.2, -0.15) is 11.8 Å². The highest BCUT2D eigenvalue weighted by molar-refractivity contribution is 7.98. The molecule has 3 heteroatoms. The van der Waals surface area contributed by atoms with Gasteiger partial charge in [0.2, 0.25) is 0 Å². The summed E-state index contributed by atoms with van der Waals surface area (Å²) in [7, 11) is 1.66. The van der Waals surface area contributed by atoms with Crippen LogP contribution in [0, 0.1) is 0 Å². The van der Waals surface area contributed by atoms with Crippen LogP contribution in [0.3, 0.4) is 0 Å². The number of benzene rings is 1. The maximum Gasteiger partial charge on any atom is 0.119 e. The van der Waals surface area contributed by atoms with Crippen molar-refractivity contribution in [1.82, 2.24) is 0 Å². The summed E-state index contributed by atoms with van der Waals surface area (Å²) >= 11 is 1.76. The molecule has 1 aliphatic heterocycles. The van der Waals surface area contributed by atoms with Crippen molar-refractivity contribution in [3.8, 4) is 5.75 Å². The second-order valence-corrected chi connectivity index (χ2v) is 4.13. The first kappa shape index (κ1) is 8.91. The fourth-order valence-electron chi connectivity index (χ4n) is 1.53. The number of thioether (sulfide) groups is 1. The lowest BCUT2D eigenvalue weighted by Gasteiger charge is -2.21. The van der Waals surface area contributed by atoms with E-state index in [2.05, 4.69) is 0 Å². The molecule has 0 amide bonds. The van der Waals surface area contributed by atoms with E-state index in [4.69, 9.17) is 4.74 Å². The molecule has 0 aromatic heterocycles. The fraction of sp³-hybridized carbons (Fsp3) is 0.400. The number of hydrogen-bond acceptors (Lipinski definition) is 3. The lowest BCUT2D eigenvalue weighted by atomic mass is 10.0. The Balaban J connectivity index is 2.39. The molecular formula is C10H12O2S. The van der Waals surface area contributed by atoms with Crippen molar-refractivity contribution in [2.45, 2.75) is 11.9 Å². The molecule has 1 N–H and O–H groups in total. The Labute approximate surface area is 81.9 Å². The summed E-state index contributed by atoms with van der Waals surface area (Å²) < 4.78 is 5.12. The maximum atomic E-state index is 9.66. The third kappa shape index (κ3) is 1.67. The molecule has 0 fully saturated rings.